The molecule has 0 bridgehead atoms. The van der Waals surface area contributed by atoms with Gasteiger partial charge in [0.05, 0.1) is 10.7 Å². The molecule has 108 valence electrons. The van der Waals surface area contributed by atoms with Gasteiger partial charge in [0.1, 0.15) is 0 Å². The predicted octanol–water partition coefficient (Wildman–Crippen LogP) is 3.82. The van der Waals surface area contributed by atoms with E-state index in [9.17, 15) is 0 Å². The Morgan fingerprint density at radius 1 is 1.05 bits per heavy atom. The van der Waals surface area contributed by atoms with Crippen molar-refractivity contribution in [3.8, 4) is 0 Å². The highest BCUT2D eigenvalue weighted by Gasteiger charge is 2.21. The second kappa shape index (κ2) is 6.64. The molecule has 1 unspecified atom stereocenters. The third-order valence-corrected chi connectivity index (χ3v) is 4.78. The van der Waals surface area contributed by atoms with E-state index >= 15 is 0 Å². The molecule has 3 heteroatoms. The minimum absolute atomic E-state index is 0.867. The number of benzene rings is 1. The lowest BCUT2D eigenvalue weighted by atomic mass is 9.94. The number of hydrogen-bond donors (Lipinski definition) is 0. The fourth-order valence-corrected chi connectivity index (χ4v) is 3.52. The molecule has 2 nitrogen and oxygen atoms in total. The van der Waals surface area contributed by atoms with Crippen LogP contribution in [-0.4, -0.2) is 37.6 Å². The van der Waals surface area contributed by atoms with Crippen molar-refractivity contribution in [3.05, 3.63) is 41.4 Å². The number of hydrogen-bond acceptors (Lipinski definition) is 2. The minimum Gasteiger partial charge on any atom is -0.368 e. The third-order valence-electron chi connectivity index (χ3n) is 4.46. The summed E-state index contributed by atoms with van der Waals surface area (Å²) in [6.45, 7) is 5.76. The molecule has 2 aliphatic rings. The average molecular weight is 291 g/mol. The molecule has 1 saturated heterocycles. The van der Waals surface area contributed by atoms with Gasteiger partial charge in [-0.25, -0.2) is 0 Å². The Hall–Kier alpha value is -0.990. The number of halogens is 1. The summed E-state index contributed by atoms with van der Waals surface area (Å²) in [5, 5.41) is 0.873. The first-order valence-electron chi connectivity index (χ1n) is 7.70. The lowest BCUT2D eigenvalue weighted by molar-refractivity contribution is 0.211. The SMILES string of the molecule is Clc1ccccc1N1CCN(CC2CC=CCC2)CC1. The van der Waals surface area contributed by atoms with E-state index in [1.165, 1.54) is 31.5 Å². The van der Waals surface area contributed by atoms with Crippen molar-refractivity contribution in [3.63, 3.8) is 0 Å². The topological polar surface area (TPSA) is 6.48 Å². The number of piperazine rings is 1. The van der Waals surface area contributed by atoms with Gasteiger partial charge in [-0.1, -0.05) is 35.9 Å². The summed E-state index contributed by atoms with van der Waals surface area (Å²) in [6.07, 6.45) is 8.58. The maximum absolute atomic E-state index is 6.29. The highest BCUT2D eigenvalue weighted by atomic mass is 35.5. The van der Waals surface area contributed by atoms with Gasteiger partial charge in [-0.3, -0.25) is 4.90 Å². The molecule has 1 aromatic rings. The molecular formula is C17H23ClN2. The molecule has 1 aromatic carbocycles. The summed E-state index contributed by atoms with van der Waals surface area (Å²) < 4.78 is 0. The van der Waals surface area contributed by atoms with Gasteiger partial charge in [-0.2, -0.15) is 0 Å². The second-order valence-corrected chi connectivity index (χ2v) is 6.30. The molecule has 0 amide bonds. The molecule has 0 spiro atoms. The molecule has 1 aliphatic carbocycles. The molecule has 1 heterocycles. The monoisotopic (exact) mass is 290 g/mol. The molecule has 0 aromatic heterocycles. The zero-order valence-electron chi connectivity index (χ0n) is 12.0. The Morgan fingerprint density at radius 2 is 1.85 bits per heavy atom. The van der Waals surface area contributed by atoms with Crippen LogP contribution in [0.25, 0.3) is 0 Å². The van der Waals surface area contributed by atoms with Crippen LogP contribution in [0.1, 0.15) is 19.3 Å². The lowest BCUT2D eigenvalue weighted by Gasteiger charge is -2.38. The van der Waals surface area contributed by atoms with Crippen LogP contribution in [0.15, 0.2) is 36.4 Å². The third kappa shape index (κ3) is 3.36. The van der Waals surface area contributed by atoms with Crippen LogP contribution in [0.2, 0.25) is 5.02 Å². The lowest BCUT2D eigenvalue weighted by Crippen LogP contribution is -2.48. The summed E-state index contributed by atoms with van der Waals surface area (Å²) in [4.78, 5) is 5.04. The molecule has 3 rings (SSSR count). The van der Waals surface area contributed by atoms with Gasteiger partial charge in [-0.15, -0.1) is 0 Å². The van der Waals surface area contributed by atoms with Gasteiger partial charge in [0.15, 0.2) is 0 Å². The highest BCUT2D eigenvalue weighted by molar-refractivity contribution is 6.33. The van der Waals surface area contributed by atoms with Gasteiger partial charge in [0, 0.05) is 32.7 Å². The van der Waals surface area contributed by atoms with Crippen LogP contribution in [0.5, 0.6) is 0 Å². The van der Waals surface area contributed by atoms with Gasteiger partial charge in [0.2, 0.25) is 0 Å². The Bertz CT molecular complexity index is 464. The first-order valence-corrected chi connectivity index (χ1v) is 8.07. The van der Waals surface area contributed by atoms with Crippen LogP contribution in [-0.2, 0) is 0 Å². The number of rotatable bonds is 3. The van der Waals surface area contributed by atoms with Crippen molar-refractivity contribution in [2.24, 2.45) is 5.92 Å². The highest BCUT2D eigenvalue weighted by Crippen LogP contribution is 2.26. The predicted molar refractivity (Wildman–Crippen MR) is 86.6 cm³/mol. The fourth-order valence-electron chi connectivity index (χ4n) is 3.27. The number of nitrogens with zero attached hydrogens (tertiary/aromatic N) is 2. The molecule has 1 aliphatic heterocycles. The smallest absolute Gasteiger partial charge is 0.0639 e. The molecule has 0 radical (unpaired) electrons. The molecule has 1 fully saturated rings. The summed E-state index contributed by atoms with van der Waals surface area (Å²) >= 11 is 6.29. The number of para-hydroxylation sites is 1. The zero-order chi connectivity index (χ0) is 13.8. The zero-order valence-corrected chi connectivity index (χ0v) is 12.7. The van der Waals surface area contributed by atoms with Crippen molar-refractivity contribution in [2.75, 3.05) is 37.6 Å². The van der Waals surface area contributed by atoms with Crippen molar-refractivity contribution in [2.45, 2.75) is 19.3 Å². The van der Waals surface area contributed by atoms with Gasteiger partial charge < -0.3 is 4.90 Å². The maximum Gasteiger partial charge on any atom is 0.0639 e. The average Bonchev–Trinajstić information content (AvgIpc) is 2.50. The van der Waals surface area contributed by atoms with E-state index in [4.69, 9.17) is 11.6 Å². The molecule has 0 saturated carbocycles. The van der Waals surface area contributed by atoms with E-state index in [1.807, 2.05) is 12.1 Å². The molecule has 0 N–H and O–H groups in total. The first kappa shape index (κ1) is 14.0. The van der Waals surface area contributed by atoms with Crippen molar-refractivity contribution in [1.82, 2.24) is 4.90 Å². The largest absolute Gasteiger partial charge is 0.368 e. The summed E-state index contributed by atoms with van der Waals surface area (Å²) in [5.74, 6) is 0.867. The normalized spacial score (nSPS) is 24.1. The van der Waals surface area contributed by atoms with Crippen LogP contribution >= 0.6 is 11.6 Å². The van der Waals surface area contributed by atoms with Gasteiger partial charge in [-0.05, 0) is 37.3 Å². The quantitative estimate of drug-likeness (QED) is 0.781. The van der Waals surface area contributed by atoms with E-state index in [0.717, 1.165) is 37.1 Å². The molecular weight excluding hydrogens is 268 g/mol. The van der Waals surface area contributed by atoms with Gasteiger partial charge >= 0.3 is 0 Å². The Labute approximate surface area is 127 Å². The summed E-state index contributed by atoms with van der Waals surface area (Å²) in [5.41, 5.74) is 1.19. The van der Waals surface area contributed by atoms with E-state index in [2.05, 4.69) is 34.1 Å². The Kier molecular flexibility index (Phi) is 4.64. The Balaban J connectivity index is 1.52. The van der Waals surface area contributed by atoms with Crippen molar-refractivity contribution in [1.29, 1.82) is 0 Å². The van der Waals surface area contributed by atoms with E-state index in [1.54, 1.807) is 0 Å². The molecule has 1 atom stereocenters. The number of anilines is 1. The van der Waals surface area contributed by atoms with E-state index in [-0.39, 0.29) is 0 Å². The standard InChI is InChI=1S/C17H23ClN2/c18-16-8-4-5-9-17(16)20-12-10-19(11-13-20)14-15-6-2-1-3-7-15/h1-2,4-5,8-9,15H,3,6-7,10-14H2. The van der Waals surface area contributed by atoms with Gasteiger partial charge in [0.25, 0.3) is 0 Å². The van der Waals surface area contributed by atoms with Crippen molar-refractivity contribution >= 4 is 17.3 Å². The van der Waals surface area contributed by atoms with E-state index < -0.39 is 0 Å². The summed E-state index contributed by atoms with van der Waals surface area (Å²) in [6, 6.07) is 8.18. The fraction of sp³-hybridized carbons (Fsp3) is 0.529. The molecule has 20 heavy (non-hydrogen) atoms. The summed E-state index contributed by atoms with van der Waals surface area (Å²) in [7, 11) is 0. The Morgan fingerprint density at radius 3 is 2.55 bits per heavy atom. The minimum atomic E-state index is 0.867. The van der Waals surface area contributed by atoms with Crippen LogP contribution < -0.4 is 4.90 Å². The second-order valence-electron chi connectivity index (χ2n) is 5.89. The van der Waals surface area contributed by atoms with Crippen LogP contribution in [0.3, 0.4) is 0 Å². The van der Waals surface area contributed by atoms with Crippen LogP contribution in [0.4, 0.5) is 5.69 Å². The van der Waals surface area contributed by atoms with E-state index in [0.29, 0.717) is 0 Å². The maximum atomic E-state index is 6.29. The number of allylic oxidation sites excluding steroid dienone is 2. The van der Waals surface area contributed by atoms with Crippen LogP contribution in [0, 0.1) is 5.92 Å². The first-order chi connectivity index (χ1) is 9.83. The van der Waals surface area contributed by atoms with Crippen molar-refractivity contribution < 1.29 is 0 Å².